The Hall–Kier alpha value is -2.70. The van der Waals surface area contributed by atoms with Crippen LogP contribution in [0.1, 0.15) is 34.6 Å². The van der Waals surface area contributed by atoms with Gasteiger partial charge in [0.15, 0.2) is 41.3 Å². The average molecular weight is 1170 g/mol. The molecule has 0 bridgehead atoms. The summed E-state index contributed by atoms with van der Waals surface area (Å²) in [5.74, 6) is 2.09. The van der Waals surface area contributed by atoms with Crippen molar-refractivity contribution >= 4 is 145 Å². The Bertz CT molecular complexity index is 2030. The Morgan fingerprint density at radius 2 is 1.06 bits per heavy atom. The molecule has 0 aliphatic carbocycles. The van der Waals surface area contributed by atoms with Gasteiger partial charge >= 0.3 is 0 Å². The van der Waals surface area contributed by atoms with E-state index in [1.165, 1.54) is 0 Å². The van der Waals surface area contributed by atoms with E-state index in [1.54, 1.807) is 93.6 Å². The SMILES string of the molecule is CC(Br)C#N.CC(C#N)Oc1c(Cl)cccc1Cl.CC(Oc1c(Cl)cccc1Cl)C1=NCCN1.CCOC(=N)C(C)Oc1c(Cl)cccc1Cl.Cl.Cl.NCCN.Oc1c(Cl)cccc1Cl. The van der Waals surface area contributed by atoms with Crippen LogP contribution in [0.3, 0.4) is 0 Å². The highest BCUT2D eigenvalue weighted by Crippen LogP contribution is 2.35. The molecule has 0 saturated carbocycles. The van der Waals surface area contributed by atoms with E-state index in [0.717, 1.165) is 18.9 Å². The quantitative estimate of drug-likeness (QED) is 0.0577. The lowest BCUT2D eigenvalue weighted by atomic mass is 10.3. The molecular weight excluding hydrogens is 1120 g/mol. The third-order valence-corrected chi connectivity index (χ3v) is 9.46. The topological polar surface area (TPSA) is 205 Å². The zero-order valence-corrected chi connectivity index (χ0v) is 44.8. The number of hydrogen-bond acceptors (Lipinski definition) is 12. The van der Waals surface area contributed by atoms with Crippen LogP contribution in [0, 0.1) is 28.1 Å². The maximum atomic E-state index is 8.94. The second-order valence-corrected chi connectivity index (χ2v) is 16.6. The Kier molecular flexibility index (Phi) is 39.2. The number of ether oxygens (including phenoxy) is 4. The summed E-state index contributed by atoms with van der Waals surface area (Å²) in [6.07, 6.45) is -1.24. The van der Waals surface area contributed by atoms with Gasteiger partial charge in [0.2, 0.25) is 5.90 Å². The second kappa shape index (κ2) is 38.3. The van der Waals surface area contributed by atoms with Crippen LogP contribution in [0.5, 0.6) is 23.0 Å². The molecule has 12 nitrogen and oxygen atoms in total. The number of rotatable bonds is 10. The van der Waals surface area contributed by atoms with Gasteiger partial charge in [0.1, 0.15) is 11.9 Å². The van der Waals surface area contributed by atoms with Gasteiger partial charge in [-0.1, -0.05) is 133 Å². The zero-order valence-electron chi connectivity index (χ0n) is 35.6. The van der Waals surface area contributed by atoms with Crippen LogP contribution in [0.4, 0.5) is 0 Å². The van der Waals surface area contributed by atoms with Crippen molar-refractivity contribution in [3.63, 3.8) is 0 Å². The number of nitrogens with two attached hydrogens (primary N) is 2. The summed E-state index contributed by atoms with van der Waals surface area (Å²) in [5.41, 5.74) is 9.81. The fourth-order valence-electron chi connectivity index (χ4n) is 3.90. The van der Waals surface area contributed by atoms with Gasteiger partial charge in [-0.15, -0.1) is 24.8 Å². The molecule has 4 unspecified atom stereocenters. The minimum atomic E-state index is -0.558. The first-order chi connectivity index (χ1) is 29.8. The maximum Gasteiger partial charge on any atom is 0.222 e. The number of nitriles is 2. The number of aliphatic imine (C=N–C) groups is 1. The van der Waals surface area contributed by atoms with Crippen molar-refractivity contribution in [2.45, 2.75) is 57.8 Å². The molecule has 5 rings (SSSR count). The normalized spacial score (nSPS) is 12.2. The van der Waals surface area contributed by atoms with Gasteiger partial charge < -0.3 is 40.8 Å². The highest BCUT2D eigenvalue weighted by atomic mass is 79.9. The van der Waals surface area contributed by atoms with E-state index >= 15 is 0 Å². The molecule has 0 radical (unpaired) electrons. The first-order valence-electron chi connectivity index (χ1n) is 18.6. The van der Waals surface area contributed by atoms with Crippen molar-refractivity contribution in [2.24, 2.45) is 16.5 Å². The smallest absolute Gasteiger partial charge is 0.222 e. The van der Waals surface area contributed by atoms with E-state index in [4.69, 9.17) is 144 Å². The number of phenolic OH excluding ortho intramolecular Hbond substituents is 1. The lowest BCUT2D eigenvalue weighted by Gasteiger charge is -2.17. The fourth-order valence-corrected chi connectivity index (χ4v) is 5.76. The number of aromatic hydroxyl groups is 1. The molecule has 360 valence electrons. The molecule has 4 atom stereocenters. The summed E-state index contributed by atoms with van der Waals surface area (Å²) < 4.78 is 21.4. The summed E-state index contributed by atoms with van der Waals surface area (Å²) in [7, 11) is 0. The monoisotopic (exact) mass is 1160 g/mol. The molecule has 0 spiro atoms. The second-order valence-electron chi connectivity index (χ2n) is 11.9. The van der Waals surface area contributed by atoms with E-state index in [-0.39, 0.29) is 57.4 Å². The Morgan fingerprint density at radius 1 is 0.708 bits per heavy atom. The van der Waals surface area contributed by atoms with Crippen LogP contribution in [0.25, 0.3) is 0 Å². The molecule has 0 amide bonds. The number of amidine groups is 1. The van der Waals surface area contributed by atoms with Crippen LogP contribution < -0.4 is 31.0 Å². The predicted octanol–water partition coefficient (Wildman–Crippen LogP) is 13.6. The van der Waals surface area contributed by atoms with Crippen molar-refractivity contribution in [3.8, 4) is 35.1 Å². The molecule has 4 aromatic carbocycles. The number of benzene rings is 4. The summed E-state index contributed by atoms with van der Waals surface area (Å²) in [5, 5.41) is 39.3. The van der Waals surface area contributed by atoms with Crippen molar-refractivity contribution in [1.82, 2.24) is 5.32 Å². The molecule has 1 aliphatic heterocycles. The van der Waals surface area contributed by atoms with Gasteiger partial charge in [0, 0.05) is 19.6 Å². The molecule has 1 heterocycles. The third-order valence-electron chi connectivity index (χ3n) is 6.86. The molecule has 65 heavy (non-hydrogen) atoms. The summed E-state index contributed by atoms with van der Waals surface area (Å²) in [6, 6.07) is 24.1. The molecule has 0 saturated heterocycles. The van der Waals surface area contributed by atoms with Gasteiger partial charge in [0.05, 0.1) is 64.2 Å². The highest BCUT2D eigenvalue weighted by Gasteiger charge is 2.18. The number of nitrogens with zero attached hydrogens (tertiary/aromatic N) is 3. The first-order valence-corrected chi connectivity index (χ1v) is 22.5. The number of para-hydroxylation sites is 4. The van der Waals surface area contributed by atoms with E-state index in [2.05, 4.69) is 26.2 Å². The van der Waals surface area contributed by atoms with Gasteiger partial charge in [-0.25, -0.2) is 0 Å². The lowest BCUT2D eigenvalue weighted by Crippen LogP contribution is -2.33. The Labute approximate surface area is 442 Å². The van der Waals surface area contributed by atoms with Crippen LogP contribution in [-0.2, 0) is 4.74 Å². The molecule has 1 aliphatic rings. The summed E-state index contributed by atoms with van der Waals surface area (Å²) in [4.78, 5) is 4.29. The predicted molar refractivity (Wildman–Crippen MR) is 280 cm³/mol. The maximum absolute atomic E-state index is 8.94. The van der Waals surface area contributed by atoms with Gasteiger partial charge in [0.25, 0.3) is 0 Å². The first kappa shape index (κ1) is 66.6. The summed E-state index contributed by atoms with van der Waals surface area (Å²) >= 11 is 49.5. The van der Waals surface area contributed by atoms with Crippen LogP contribution in [-0.4, -0.2) is 72.8 Å². The number of phenols is 1. The largest absolute Gasteiger partial charge is 0.505 e. The van der Waals surface area contributed by atoms with Crippen LogP contribution in [0.15, 0.2) is 77.8 Å². The average Bonchev–Trinajstić information content (AvgIpc) is 3.81. The van der Waals surface area contributed by atoms with Gasteiger partial charge in [-0.3, -0.25) is 10.4 Å². The number of alkyl halides is 1. The number of halogens is 11. The van der Waals surface area contributed by atoms with Crippen LogP contribution >= 0.6 is 134 Å². The minimum absolute atomic E-state index is 0. The van der Waals surface area contributed by atoms with Gasteiger partial charge in [-0.05, 0) is 83.1 Å². The van der Waals surface area contributed by atoms with E-state index < -0.39 is 12.2 Å². The third kappa shape index (κ3) is 27.6. The Morgan fingerprint density at radius 3 is 1.35 bits per heavy atom. The number of hydrogen-bond donors (Lipinski definition) is 5. The van der Waals surface area contributed by atoms with Crippen LogP contribution in [0.2, 0.25) is 40.2 Å². The lowest BCUT2D eigenvalue weighted by molar-refractivity contribution is 0.220. The van der Waals surface area contributed by atoms with Crippen molar-refractivity contribution in [1.29, 1.82) is 15.9 Å². The summed E-state index contributed by atoms with van der Waals surface area (Å²) in [6.45, 7) is 12.1. The Balaban J connectivity index is -0.000000744. The van der Waals surface area contributed by atoms with E-state index in [0.29, 0.717) is 67.1 Å². The highest BCUT2D eigenvalue weighted by molar-refractivity contribution is 9.09. The number of nitrogens with one attached hydrogen (secondary N) is 2. The van der Waals surface area contributed by atoms with Gasteiger partial charge in [-0.2, -0.15) is 10.5 Å². The van der Waals surface area contributed by atoms with E-state index in [1.807, 2.05) is 26.0 Å². The minimum Gasteiger partial charge on any atom is -0.505 e. The molecule has 23 heteroatoms. The molecule has 0 fully saturated rings. The molecular formula is C42H50BrCl10N7O5. The van der Waals surface area contributed by atoms with Crippen molar-refractivity contribution < 1.29 is 24.1 Å². The molecule has 0 aromatic heterocycles. The fraction of sp³-hybridized carbons (Fsp3) is 0.333. The van der Waals surface area contributed by atoms with Crippen molar-refractivity contribution in [3.05, 3.63) is 113 Å². The molecule has 4 aromatic rings. The molecule has 7 N–H and O–H groups in total. The standard InChI is InChI=1S/C11H12Cl2N2O.C11H13Cl2NO2.C9H7Cl2NO.C6H4Cl2O.C3H4BrN.C2H8N2.2ClH/c1-7(11-14-5-6-15-11)16-10-8(12)3-2-4-9(10)13;1-3-15-11(14)7(2)16-10-8(12)5-4-6-9(10)13;1-6(5-12)13-9-7(10)3-2-4-8(9)11;7-4-2-1-3-5(8)6(4)9;1-3(4)2-5;3-1-2-4;;/h2-4,7H,5-6H2,1H3,(H,14,15);4-7,14H,3H2,1-2H3;2-4,6H,1H3;1-3,9H;3H,1H3;1-4H2;2*1H. The van der Waals surface area contributed by atoms with Crippen molar-refractivity contribution in [2.75, 3.05) is 32.8 Å². The van der Waals surface area contributed by atoms with E-state index in [9.17, 15) is 0 Å². The zero-order chi connectivity index (χ0) is 48.1.